The van der Waals surface area contributed by atoms with E-state index in [4.69, 9.17) is 4.74 Å². The normalized spacial score (nSPS) is 24.8. The molecule has 1 saturated heterocycles. The van der Waals surface area contributed by atoms with Gasteiger partial charge in [0.05, 0.1) is 18.8 Å². The van der Waals surface area contributed by atoms with Crippen molar-refractivity contribution in [1.29, 1.82) is 0 Å². The van der Waals surface area contributed by atoms with Crippen LogP contribution in [0, 0.1) is 12.8 Å². The molecule has 3 rings (SSSR count). The van der Waals surface area contributed by atoms with Gasteiger partial charge < -0.3 is 20.5 Å². The third kappa shape index (κ3) is 4.48. The number of hydrogen-bond donors (Lipinski definition) is 3. The molecule has 1 aliphatic heterocycles. The lowest BCUT2D eigenvalue weighted by Gasteiger charge is -2.22. The smallest absolute Gasteiger partial charge is 0.241 e. The average molecular weight is 332 g/mol. The molecule has 1 aromatic carbocycles. The van der Waals surface area contributed by atoms with Crippen molar-refractivity contribution in [2.24, 2.45) is 5.92 Å². The largest absolute Gasteiger partial charge is 0.493 e. The van der Waals surface area contributed by atoms with Gasteiger partial charge in [-0.1, -0.05) is 25.3 Å². The van der Waals surface area contributed by atoms with Crippen LogP contribution in [-0.2, 0) is 4.79 Å². The Morgan fingerprint density at radius 1 is 1.33 bits per heavy atom. The Bertz CT molecular complexity index is 570. The van der Waals surface area contributed by atoms with Crippen molar-refractivity contribution in [3.05, 3.63) is 23.8 Å². The summed E-state index contributed by atoms with van der Waals surface area (Å²) in [5, 5.41) is 15.5. The maximum atomic E-state index is 12.2. The van der Waals surface area contributed by atoms with Crippen molar-refractivity contribution in [2.75, 3.05) is 18.5 Å². The second-order valence-electron chi connectivity index (χ2n) is 7.13. The van der Waals surface area contributed by atoms with Crippen molar-refractivity contribution in [3.8, 4) is 5.75 Å². The van der Waals surface area contributed by atoms with E-state index in [-0.39, 0.29) is 11.9 Å². The van der Waals surface area contributed by atoms with Crippen LogP contribution in [0.3, 0.4) is 0 Å². The van der Waals surface area contributed by atoms with Gasteiger partial charge >= 0.3 is 0 Å². The summed E-state index contributed by atoms with van der Waals surface area (Å²) < 4.78 is 6.03. The van der Waals surface area contributed by atoms with Crippen LogP contribution in [0.25, 0.3) is 0 Å². The highest BCUT2D eigenvalue weighted by molar-refractivity contribution is 5.95. The number of β-amino-alcohol motifs (C(OH)–C–C–N with tert-alkyl or cyclic N) is 1. The molecule has 5 heteroatoms. The molecule has 2 aliphatic rings. The minimum absolute atomic E-state index is 0.103. The van der Waals surface area contributed by atoms with E-state index in [9.17, 15) is 9.90 Å². The number of rotatable bonds is 5. The Morgan fingerprint density at radius 3 is 2.83 bits per heavy atom. The fourth-order valence-electron chi connectivity index (χ4n) is 3.54. The summed E-state index contributed by atoms with van der Waals surface area (Å²) >= 11 is 0. The Morgan fingerprint density at radius 2 is 2.12 bits per heavy atom. The van der Waals surface area contributed by atoms with Crippen LogP contribution in [0.4, 0.5) is 5.69 Å². The van der Waals surface area contributed by atoms with Gasteiger partial charge in [0.2, 0.25) is 5.91 Å². The number of ether oxygens (including phenoxy) is 1. The van der Waals surface area contributed by atoms with Crippen LogP contribution in [0.5, 0.6) is 5.75 Å². The summed E-state index contributed by atoms with van der Waals surface area (Å²) in [5.74, 6) is 1.40. The topological polar surface area (TPSA) is 70.6 Å². The third-order valence-electron chi connectivity index (χ3n) is 5.08. The lowest BCUT2D eigenvalue weighted by Crippen LogP contribution is -2.35. The van der Waals surface area contributed by atoms with E-state index in [2.05, 4.69) is 10.6 Å². The molecule has 3 N–H and O–H groups in total. The molecular formula is C19H28N2O3. The van der Waals surface area contributed by atoms with E-state index in [1.807, 2.05) is 25.1 Å². The standard InChI is InChI=1S/C19H28N2O3/c1-13-7-8-15(21-19(23)17-10-16(22)11-20-17)9-18(13)24-12-14-5-3-2-4-6-14/h7-9,14,16-17,20,22H,2-6,10-12H2,1H3,(H,21,23). The van der Waals surface area contributed by atoms with E-state index in [0.717, 1.165) is 23.6 Å². The Balaban J connectivity index is 1.57. The van der Waals surface area contributed by atoms with Crippen LogP contribution < -0.4 is 15.4 Å². The van der Waals surface area contributed by atoms with Gasteiger partial charge in [-0.25, -0.2) is 0 Å². The second-order valence-corrected chi connectivity index (χ2v) is 7.13. The minimum atomic E-state index is -0.437. The van der Waals surface area contributed by atoms with Crippen LogP contribution >= 0.6 is 0 Å². The number of amides is 1. The average Bonchev–Trinajstić information content (AvgIpc) is 3.03. The van der Waals surface area contributed by atoms with Gasteiger partial charge in [0, 0.05) is 18.3 Å². The van der Waals surface area contributed by atoms with Gasteiger partial charge in [-0.15, -0.1) is 0 Å². The number of hydrogen-bond acceptors (Lipinski definition) is 4. The molecule has 2 unspecified atom stereocenters. The zero-order valence-electron chi connectivity index (χ0n) is 14.4. The Hall–Kier alpha value is -1.59. The molecule has 0 radical (unpaired) electrons. The van der Waals surface area contributed by atoms with Gasteiger partial charge in [0.15, 0.2) is 0 Å². The molecule has 24 heavy (non-hydrogen) atoms. The Kier molecular flexibility index (Phi) is 5.74. The SMILES string of the molecule is Cc1ccc(NC(=O)C2CC(O)CN2)cc1OCC1CCCCC1. The molecule has 2 atom stereocenters. The number of nitrogens with one attached hydrogen (secondary N) is 2. The fraction of sp³-hybridized carbons (Fsp3) is 0.632. The molecular weight excluding hydrogens is 304 g/mol. The third-order valence-corrected chi connectivity index (χ3v) is 5.08. The van der Waals surface area contributed by atoms with Gasteiger partial charge in [-0.3, -0.25) is 4.79 Å². The van der Waals surface area contributed by atoms with Gasteiger partial charge in [0.25, 0.3) is 0 Å². The summed E-state index contributed by atoms with van der Waals surface area (Å²) in [7, 11) is 0. The predicted octanol–water partition coefficient (Wildman–Crippen LogP) is 2.62. The lowest BCUT2D eigenvalue weighted by atomic mass is 9.90. The summed E-state index contributed by atoms with van der Waals surface area (Å²) in [4.78, 5) is 12.2. The van der Waals surface area contributed by atoms with E-state index >= 15 is 0 Å². The van der Waals surface area contributed by atoms with Crippen LogP contribution in [0.15, 0.2) is 18.2 Å². The first kappa shape index (κ1) is 17.2. The van der Waals surface area contributed by atoms with Crippen molar-refractivity contribution < 1.29 is 14.6 Å². The molecule has 1 aliphatic carbocycles. The second kappa shape index (κ2) is 7.99. The monoisotopic (exact) mass is 332 g/mol. The molecule has 0 bridgehead atoms. The van der Waals surface area contributed by atoms with Gasteiger partial charge in [-0.05, 0) is 43.7 Å². The van der Waals surface area contributed by atoms with E-state index in [1.54, 1.807) is 0 Å². The number of aliphatic hydroxyl groups is 1. The molecule has 2 fully saturated rings. The highest BCUT2D eigenvalue weighted by atomic mass is 16.5. The number of aryl methyl sites for hydroxylation is 1. The quantitative estimate of drug-likeness (QED) is 0.775. The van der Waals surface area contributed by atoms with Crippen LogP contribution in [-0.4, -0.2) is 36.3 Å². The molecule has 0 spiro atoms. The van der Waals surface area contributed by atoms with Crippen molar-refractivity contribution in [3.63, 3.8) is 0 Å². The molecule has 0 aromatic heterocycles. The predicted molar refractivity (Wildman–Crippen MR) is 94.3 cm³/mol. The van der Waals surface area contributed by atoms with Crippen molar-refractivity contribution >= 4 is 11.6 Å². The summed E-state index contributed by atoms with van der Waals surface area (Å²) in [5.41, 5.74) is 1.82. The molecule has 1 saturated carbocycles. The first-order chi connectivity index (χ1) is 11.6. The Labute approximate surface area is 143 Å². The maximum Gasteiger partial charge on any atom is 0.241 e. The van der Waals surface area contributed by atoms with E-state index < -0.39 is 6.10 Å². The number of aliphatic hydroxyl groups excluding tert-OH is 1. The highest BCUT2D eigenvalue weighted by Gasteiger charge is 2.28. The van der Waals surface area contributed by atoms with Crippen molar-refractivity contribution in [1.82, 2.24) is 5.32 Å². The van der Waals surface area contributed by atoms with Crippen LogP contribution in [0.2, 0.25) is 0 Å². The molecule has 1 aromatic rings. The summed E-state index contributed by atoms with van der Waals surface area (Å²) in [6.45, 7) is 3.26. The zero-order valence-corrected chi connectivity index (χ0v) is 14.4. The molecule has 1 amide bonds. The van der Waals surface area contributed by atoms with Crippen molar-refractivity contribution in [2.45, 2.75) is 57.6 Å². The minimum Gasteiger partial charge on any atom is -0.493 e. The number of benzene rings is 1. The first-order valence-corrected chi connectivity index (χ1v) is 9.07. The van der Waals surface area contributed by atoms with E-state index in [0.29, 0.717) is 18.9 Å². The highest BCUT2D eigenvalue weighted by Crippen LogP contribution is 2.27. The lowest BCUT2D eigenvalue weighted by molar-refractivity contribution is -0.117. The summed E-state index contributed by atoms with van der Waals surface area (Å²) in [6, 6.07) is 5.45. The summed E-state index contributed by atoms with van der Waals surface area (Å²) in [6.07, 6.45) is 6.50. The maximum absolute atomic E-state index is 12.2. The number of anilines is 1. The molecule has 5 nitrogen and oxygen atoms in total. The molecule has 132 valence electrons. The number of carbonyl (C=O) groups is 1. The van der Waals surface area contributed by atoms with Gasteiger partial charge in [-0.2, -0.15) is 0 Å². The van der Waals surface area contributed by atoms with Gasteiger partial charge in [0.1, 0.15) is 5.75 Å². The molecule has 1 heterocycles. The fourth-order valence-corrected chi connectivity index (χ4v) is 3.54. The van der Waals surface area contributed by atoms with E-state index in [1.165, 1.54) is 32.1 Å². The van der Waals surface area contributed by atoms with Crippen LogP contribution in [0.1, 0.15) is 44.1 Å². The number of carbonyl (C=O) groups excluding carboxylic acids is 1. The zero-order chi connectivity index (χ0) is 16.9. The first-order valence-electron chi connectivity index (χ1n) is 9.07.